The molecule has 0 bridgehead atoms. The fraction of sp³-hybridized carbons (Fsp3) is 0.875. The second kappa shape index (κ2) is 4.82. The Morgan fingerprint density at radius 1 is 1.17 bits per heavy atom. The molecule has 0 aliphatic heterocycles. The number of carboxylic acid groups (broad SMARTS) is 1. The van der Waals surface area contributed by atoms with Crippen molar-refractivity contribution in [1.29, 1.82) is 0 Å². The quantitative estimate of drug-likeness (QED) is 0.683. The highest BCUT2D eigenvalue weighted by Crippen LogP contribution is 2.24. The summed E-state index contributed by atoms with van der Waals surface area (Å²) in [5.41, 5.74) is 4.78. The van der Waals surface area contributed by atoms with Crippen molar-refractivity contribution in [1.82, 2.24) is 0 Å². The van der Waals surface area contributed by atoms with E-state index in [-0.39, 0.29) is 17.0 Å². The zero-order valence-corrected chi connectivity index (χ0v) is 8.80. The molecule has 1 aliphatic rings. The van der Waals surface area contributed by atoms with Crippen LogP contribution < -0.4 is 5.73 Å². The van der Waals surface area contributed by atoms with Crippen molar-refractivity contribution < 1.29 is 9.90 Å². The topological polar surface area (TPSA) is 63.3 Å². The zero-order chi connectivity index (χ0) is 8.32. The van der Waals surface area contributed by atoms with Gasteiger partial charge in [-0.2, -0.15) is 0 Å². The van der Waals surface area contributed by atoms with Crippen LogP contribution in [0, 0.1) is 0 Å². The van der Waals surface area contributed by atoms with Gasteiger partial charge >= 0.3 is 5.97 Å². The van der Waals surface area contributed by atoms with E-state index in [1.54, 1.807) is 0 Å². The normalized spacial score (nSPS) is 22.1. The molecule has 72 valence electrons. The minimum atomic E-state index is -0.920. The van der Waals surface area contributed by atoms with Gasteiger partial charge in [0.2, 0.25) is 0 Å². The van der Waals surface area contributed by atoms with Crippen LogP contribution in [0.4, 0.5) is 0 Å². The van der Waals surface area contributed by atoms with Gasteiger partial charge in [-0.3, -0.25) is 4.79 Å². The molecule has 0 radical (unpaired) electrons. The lowest BCUT2D eigenvalue weighted by Crippen LogP contribution is -2.47. The first-order valence-electron chi connectivity index (χ1n) is 4.17. The first-order valence-corrected chi connectivity index (χ1v) is 4.17. The van der Waals surface area contributed by atoms with E-state index in [0.717, 1.165) is 25.7 Å². The molecule has 4 heteroatoms. The number of hydrogen-bond acceptors (Lipinski definition) is 2. The third-order valence-electron chi connectivity index (χ3n) is 2.42. The van der Waals surface area contributed by atoms with Gasteiger partial charge in [-0.15, -0.1) is 17.0 Å². The van der Waals surface area contributed by atoms with E-state index in [9.17, 15) is 4.79 Å². The SMILES string of the molecule is Br.NC1(C(=O)O)CCCCCC1. The first kappa shape index (κ1) is 11.9. The largest absolute Gasteiger partial charge is 0.480 e. The van der Waals surface area contributed by atoms with Crippen molar-refractivity contribution in [2.24, 2.45) is 5.73 Å². The van der Waals surface area contributed by atoms with Gasteiger partial charge in [0.15, 0.2) is 0 Å². The number of rotatable bonds is 1. The lowest BCUT2D eigenvalue weighted by atomic mass is 9.92. The molecule has 0 unspecified atom stereocenters. The third-order valence-corrected chi connectivity index (χ3v) is 2.42. The van der Waals surface area contributed by atoms with E-state index < -0.39 is 11.5 Å². The highest BCUT2D eigenvalue weighted by molar-refractivity contribution is 8.93. The average molecular weight is 238 g/mol. The van der Waals surface area contributed by atoms with E-state index in [1.807, 2.05) is 0 Å². The van der Waals surface area contributed by atoms with E-state index in [1.165, 1.54) is 0 Å². The summed E-state index contributed by atoms with van der Waals surface area (Å²) in [5.74, 6) is -0.834. The van der Waals surface area contributed by atoms with Crippen molar-refractivity contribution >= 4 is 23.0 Å². The fourth-order valence-corrected chi connectivity index (χ4v) is 1.57. The van der Waals surface area contributed by atoms with Crippen LogP contribution in [-0.4, -0.2) is 16.6 Å². The van der Waals surface area contributed by atoms with Crippen molar-refractivity contribution in [3.8, 4) is 0 Å². The second-order valence-corrected chi connectivity index (χ2v) is 3.38. The number of aliphatic carboxylic acids is 1. The van der Waals surface area contributed by atoms with Gasteiger partial charge in [0.25, 0.3) is 0 Å². The Kier molecular flexibility index (Phi) is 4.78. The molecule has 0 saturated heterocycles. The number of halogens is 1. The van der Waals surface area contributed by atoms with Crippen molar-refractivity contribution in [3.05, 3.63) is 0 Å². The van der Waals surface area contributed by atoms with E-state index in [0.29, 0.717) is 12.8 Å². The lowest BCUT2D eigenvalue weighted by molar-refractivity contribution is -0.143. The highest BCUT2D eigenvalue weighted by atomic mass is 79.9. The Morgan fingerprint density at radius 3 is 1.92 bits per heavy atom. The summed E-state index contributed by atoms with van der Waals surface area (Å²) in [6.45, 7) is 0. The predicted octanol–water partition coefficient (Wildman–Crippen LogP) is 1.70. The van der Waals surface area contributed by atoms with Crippen molar-refractivity contribution in [3.63, 3.8) is 0 Å². The second-order valence-electron chi connectivity index (χ2n) is 3.38. The molecular weight excluding hydrogens is 222 g/mol. The maximum absolute atomic E-state index is 10.7. The van der Waals surface area contributed by atoms with Gasteiger partial charge in [-0.25, -0.2) is 0 Å². The Morgan fingerprint density at radius 2 is 1.58 bits per heavy atom. The molecule has 0 atom stereocenters. The lowest BCUT2D eigenvalue weighted by Gasteiger charge is -2.21. The smallest absolute Gasteiger partial charge is 0.323 e. The van der Waals surface area contributed by atoms with Crippen LogP contribution in [0.5, 0.6) is 0 Å². The summed E-state index contributed by atoms with van der Waals surface area (Å²) in [7, 11) is 0. The number of carboxylic acids is 1. The maximum atomic E-state index is 10.7. The number of carbonyl (C=O) groups is 1. The Hall–Kier alpha value is -0.0900. The van der Waals surface area contributed by atoms with E-state index in [2.05, 4.69) is 0 Å². The molecule has 3 nitrogen and oxygen atoms in total. The minimum Gasteiger partial charge on any atom is -0.480 e. The van der Waals surface area contributed by atoms with E-state index >= 15 is 0 Å². The Bertz CT molecular complexity index is 153. The molecule has 1 saturated carbocycles. The van der Waals surface area contributed by atoms with Crippen LogP contribution in [0.15, 0.2) is 0 Å². The molecule has 0 spiro atoms. The van der Waals surface area contributed by atoms with E-state index in [4.69, 9.17) is 10.8 Å². The summed E-state index contributed by atoms with van der Waals surface area (Å²) < 4.78 is 0. The molecule has 1 aliphatic carbocycles. The third kappa shape index (κ3) is 2.75. The number of hydrogen-bond donors (Lipinski definition) is 2. The molecule has 0 aromatic heterocycles. The average Bonchev–Trinajstić information content (AvgIpc) is 2.15. The van der Waals surface area contributed by atoms with Gasteiger partial charge in [-0.1, -0.05) is 25.7 Å². The zero-order valence-electron chi connectivity index (χ0n) is 7.08. The van der Waals surface area contributed by atoms with Gasteiger partial charge in [0.1, 0.15) is 5.54 Å². The summed E-state index contributed by atoms with van der Waals surface area (Å²) in [4.78, 5) is 10.7. The molecule has 3 N–H and O–H groups in total. The first-order chi connectivity index (χ1) is 5.15. The van der Waals surface area contributed by atoms with Crippen molar-refractivity contribution in [2.75, 3.05) is 0 Å². The molecule has 0 heterocycles. The van der Waals surface area contributed by atoms with Crippen LogP contribution in [-0.2, 0) is 4.79 Å². The molecular formula is C8H16BrNO2. The highest BCUT2D eigenvalue weighted by Gasteiger charge is 2.33. The monoisotopic (exact) mass is 237 g/mol. The number of nitrogens with two attached hydrogens (primary N) is 1. The Labute approximate surface area is 83.1 Å². The van der Waals surface area contributed by atoms with Crippen LogP contribution >= 0.6 is 17.0 Å². The summed E-state index contributed by atoms with van der Waals surface area (Å²) in [6, 6.07) is 0. The van der Waals surface area contributed by atoms with Crippen molar-refractivity contribution in [2.45, 2.75) is 44.1 Å². The van der Waals surface area contributed by atoms with Crippen LogP contribution in [0.3, 0.4) is 0 Å². The standard InChI is InChI=1S/C8H15NO2.BrH/c9-8(7(10)11)5-3-1-2-4-6-8;/h1-6,9H2,(H,10,11);1H. The fourth-order valence-electron chi connectivity index (χ4n) is 1.57. The predicted molar refractivity (Wildman–Crippen MR) is 52.6 cm³/mol. The van der Waals surface area contributed by atoms with Crippen LogP contribution in [0.25, 0.3) is 0 Å². The molecule has 0 aromatic rings. The molecule has 12 heavy (non-hydrogen) atoms. The molecule has 1 rings (SSSR count). The molecule has 0 amide bonds. The molecule has 0 aromatic carbocycles. The maximum Gasteiger partial charge on any atom is 0.323 e. The van der Waals surface area contributed by atoms with Crippen LogP contribution in [0.2, 0.25) is 0 Å². The summed E-state index contributed by atoms with van der Waals surface area (Å²) >= 11 is 0. The summed E-state index contributed by atoms with van der Waals surface area (Å²) in [6.07, 6.45) is 5.47. The Balaban J connectivity index is 0.00000121. The van der Waals surface area contributed by atoms with Gasteiger partial charge < -0.3 is 10.8 Å². The summed E-state index contributed by atoms with van der Waals surface area (Å²) in [5, 5.41) is 8.80. The minimum absolute atomic E-state index is 0. The van der Waals surface area contributed by atoms with Crippen LogP contribution in [0.1, 0.15) is 38.5 Å². The van der Waals surface area contributed by atoms with Gasteiger partial charge in [-0.05, 0) is 12.8 Å². The van der Waals surface area contributed by atoms with Gasteiger partial charge in [0, 0.05) is 0 Å². The van der Waals surface area contributed by atoms with Gasteiger partial charge in [0.05, 0.1) is 0 Å². The molecule has 1 fully saturated rings.